The van der Waals surface area contributed by atoms with E-state index < -0.39 is 31.3 Å². The summed E-state index contributed by atoms with van der Waals surface area (Å²) in [5, 5.41) is 0. The second-order valence-corrected chi connectivity index (χ2v) is 11.5. The van der Waals surface area contributed by atoms with E-state index in [1.807, 2.05) is 0 Å². The van der Waals surface area contributed by atoms with Crippen LogP contribution in [0.3, 0.4) is 0 Å². The Morgan fingerprint density at radius 3 is 1.64 bits per heavy atom. The molecule has 0 aromatic heterocycles. The van der Waals surface area contributed by atoms with E-state index in [0.717, 1.165) is 0 Å². The van der Waals surface area contributed by atoms with Gasteiger partial charge in [0.15, 0.2) is 0 Å². The Balaban J connectivity index is 2.76. The monoisotopic (exact) mass is 358 g/mol. The lowest BCUT2D eigenvalue weighted by Gasteiger charge is -2.29. The van der Waals surface area contributed by atoms with Crippen LogP contribution >= 0.6 is 0 Å². The number of halogens is 2. The molecular weight excluding hydrogens is 338 g/mol. The summed E-state index contributed by atoms with van der Waals surface area (Å²) in [5.74, 6) is 1.76. The largest absolute Gasteiger partial charge is 0.437 e. The first-order valence-corrected chi connectivity index (χ1v) is 11.4. The molecule has 2 rings (SSSR count). The maximum atomic E-state index is 13.4. The Labute approximate surface area is 147 Å². The summed E-state index contributed by atoms with van der Waals surface area (Å²) in [6, 6.07) is 11.3. The molecule has 0 aliphatic carbocycles. The van der Waals surface area contributed by atoms with Gasteiger partial charge in [-0.1, -0.05) is 49.8 Å². The van der Waals surface area contributed by atoms with Crippen LogP contribution in [0.15, 0.2) is 48.5 Å². The molecule has 2 aromatic carbocycles. The van der Waals surface area contributed by atoms with Gasteiger partial charge in [-0.3, -0.25) is 4.79 Å². The second-order valence-electron chi connectivity index (χ2n) is 6.79. The van der Waals surface area contributed by atoms with Gasteiger partial charge in [0.05, 0.1) is 0 Å². The predicted octanol–water partition coefficient (Wildman–Crippen LogP) is 4.65. The molecule has 0 fully saturated rings. The van der Waals surface area contributed by atoms with E-state index in [0.29, 0.717) is 11.1 Å². The molecule has 0 saturated carbocycles. The van der Waals surface area contributed by atoms with Crippen molar-refractivity contribution in [3.05, 3.63) is 71.3 Å². The van der Waals surface area contributed by atoms with Crippen molar-refractivity contribution in [3.63, 3.8) is 0 Å². The zero-order chi connectivity index (χ0) is 18.7. The van der Waals surface area contributed by atoms with Crippen LogP contribution < -0.4 is 0 Å². The molecule has 0 saturated heterocycles. The van der Waals surface area contributed by atoms with Gasteiger partial charge in [0.1, 0.15) is 19.7 Å². The van der Waals surface area contributed by atoms with Crippen LogP contribution in [0.4, 0.5) is 8.78 Å². The van der Waals surface area contributed by atoms with Crippen molar-refractivity contribution in [2.45, 2.75) is 32.2 Å². The Bertz CT molecular complexity index is 765. The normalized spacial score (nSPS) is 11.4. The lowest BCUT2D eigenvalue weighted by Crippen LogP contribution is -2.33. The number of hydrogen-bond acceptors (Lipinski definition) is 2. The van der Waals surface area contributed by atoms with E-state index >= 15 is 0 Å². The fraction of sp³-hybridized carbons (Fsp3) is 0.250. The Hall–Kier alpha value is -2.45. The molecular formula is C20H20F2O2Si. The summed E-state index contributed by atoms with van der Waals surface area (Å²) < 4.78 is 32.4. The molecule has 0 amide bonds. The number of carbonyl (C=O) groups excluding carboxylic acids is 1. The van der Waals surface area contributed by atoms with E-state index in [4.69, 9.17) is 4.74 Å². The summed E-state index contributed by atoms with van der Waals surface area (Å²) in [7, 11) is -1.81. The van der Waals surface area contributed by atoms with Gasteiger partial charge in [-0.05, 0) is 24.3 Å². The van der Waals surface area contributed by atoms with Crippen molar-refractivity contribution in [2.24, 2.45) is 0 Å². The van der Waals surface area contributed by atoms with E-state index in [-0.39, 0.29) is 0 Å². The molecule has 0 aliphatic heterocycles. The number of carbonyl (C=O) groups is 1. The van der Waals surface area contributed by atoms with Crippen molar-refractivity contribution < 1.29 is 18.3 Å². The summed E-state index contributed by atoms with van der Waals surface area (Å²) in [6.07, 6.45) is 0. The number of ether oxygens (including phenoxy) is 1. The first-order chi connectivity index (χ1) is 11.6. The minimum Gasteiger partial charge on any atom is -0.437 e. The molecule has 0 atom stereocenters. The minimum atomic E-state index is -1.81. The van der Waals surface area contributed by atoms with Crippen molar-refractivity contribution in [3.8, 4) is 11.5 Å². The van der Waals surface area contributed by atoms with Crippen molar-refractivity contribution in [2.75, 3.05) is 0 Å². The average Bonchev–Trinajstić information content (AvgIpc) is 2.52. The van der Waals surface area contributed by atoms with Gasteiger partial charge >= 0.3 is 5.97 Å². The molecule has 0 heterocycles. The molecule has 2 aromatic rings. The summed E-state index contributed by atoms with van der Waals surface area (Å²) in [6.45, 7) is 7.48. The molecule has 0 aliphatic rings. The van der Waals surface area contributed by atoms with E-state index in [1.165, 1.54) is 55.5 Å². The van der Waals surface area contributed by atoms with Gasteiger partial charge in [0.2, 0.25) is 5.60 Å². The van der Waals surface area contributed by atoms with Crippen LogP contribution in [0.2, 0.25) is 19.6 Å². The van der Waals surface area contributed by atoms with Crippen LogP contribution in [0, 0.1) is 23.1 Å². The molecule has 5 heteroatoms. The van der Waals surface area contributed by atoms with Crippen molar-refractivity contribution >= 4 is 14.0 Å². The number of rotatable bonds is 3. The van der Waals surface area contributed by atoms with Crippen molar-refractivity contribution in [1.82, 2.24) is 0 Å². The maximum absolute atomic E-state index is 13.4. The fourth-order valence-electron chi connectivity index (χ4n) is 2.31. The quantitative estimate of drug-likeness (QED) is 0.453. The third kappa shape index (κ3) is 4.77. The highest BCUT2D eigenvalue weighted by atomic mass is 28.3. The molecule has 0 bridgehead atoms. The van der Waals surface area contributed by atoms with Gasteiger partial charge in [-0.25, -0.2) is 8.78 Å². The average molecular weight is 358 g/mol. The SMILES string of the molecule is CC(=O)OC(C#C[Si](C)(C)C)(c1ccc(F)cc1)c1ccc(F)cc1. The first-order valence-electron chi connectivity index (χ1n) is 7.88. The zero-order valence-corrected chi connectivity index (χ0v) is 15.7. The van der Waals surface area contributed by atoms with Crippen LogP contribution in [-0.4, -0.2) is 14.0 Å². The molecule has 130 valence electrons. The Morgan fingerprint density at radius 1 is 0.920 bits per heavy atom. The smallest absolute Gasteiger partial charge is 0.304 e. The highest BCUT2D eigenvalue weighted by Crippen LogP contribution is 2.34. The highest BCUT2D eigenvalue weighted by Gasteiger charge is 2.36. The molecule has 0 N–H and O–H groups in total. The Morgan fingerprint density at radius 2 is 1.32 bits per heavy atom. The van der Waals surface area contributed by atoms with Gasteiger partial charge < -0.3 is 4.74 Å². The maximum Gasteiger partial charge on any atom is 0.304 e. The van der Waals surface area contributed by atoms with Gasteiger partial charge in [0, 0.05) is 18.1 Å². The minimum absolute atomic E-state index is 0.405. The van der Waals surface area contributed by atoms with Crippen LogP contribution in [0.5, 0.6) is 0 Å². The van der Waals surface area contributed by atoms with Crippen LogP contribution in [0.25, 0.3) is 0 Å². The van der Waals surface area contributed by atoms with E-state index in [2.05, 4.69) is 31.1 Å². The summed E-state index contributed by atoms with van der Waals surface area (Å²) in [5.41, 5.74) is 2.84. The number of hydrogen-bond donors (Lipinski definition) is 0. The molecule has 2 nitrogen and oxygen atoms in total. The summed E-state index contributed by atoms with van der Waals surface area (Å²) in [4.78, 5) is 11.8. The fourth-order valence-corrected chi connectivity index (χ4v) is 2.87. The molecule has 25 heavy (non-hydrogen) atoms. The lowest BCUT2D eigenvalue weighted by molar-refractivity contribution is -0.149. The number of esters is 1. The van der Waals surface area contributed by atoms with Crippen LogP contribution in [0.1, 0.15) is 18.1 Å². The van der Waals surface area contributed by atoms with Gasteiger partial charge in [-0.15, -0.1) is 5.54 Å². The van der Waals surface area contributed by atoms with E-state index in [1.54, 1.807) is 0 Å². The molecule has 0 radical (unpaired) electrons. The predicted molar refractivity (Wildman–Crippen MR) is 96.5 cm³/mol. The third-order valence-electron chi connectivity index (χ3n) is 3.41. The first kappa shape index (κ1) is 18.9. The second kappa shape index (κ2) is 7.20. The van der Waals surface area contributed by atoms with E-state index in [9.17, 15) is 13.6 Å². The van der Waals surface area contributed by atoms with Gasteiger partial charge in [-0.2, -0.15) is 0 Å². The highest BCUT2D eigenvalue weighted by molar-refractivity contribution is 6.83. The molecule has 0 spiro atoms. The number of benzene rings is 2. The van der Waals surface area contributed by atoms with Gasteiger partial charge in [0.25, 0.3) is 0 Å². The topological polar surface area (TPSA) is 26.3 Å². The van der Waals surface area contributed by atoms with Crippen LogP contribution in [-0.2, 0) is 15.1 Å². The lowest BCUT2D eigenvalue weighted by atomic mass is 9.86. The molecule has 0 unspecified atom stereocenters. The standard InChI is InChI=1S/C20H20F2O2Si/c1-15(23)24-20(13-14-25(2,3)4,16-5-9-18(21)10-6-16)17-7-11-19(22)12-8-17/h5-12H,1-4H3. The Kier molecular flexibility index (Phi) is 5.44. The van der Waals surface area contributed by atoms with Crippen molar-refractivity contribution in [1.29, 1.82) is 0 Å². The third-order valence-corrected chi connectivity index (χ3v) is 4.29. The zero-order valence-electron chi connectivity index (χ0n) is 14.7. The summed E-state index contributed by atoms with van der Waals surface area (Å²) >= 11 is 0.